The summed E-state index contributed by atoms with van der Waals surface area (Å²) in [6.07, 6.45) is 3.74. The molecule has 1 unspecified atom stereocenters. The van der Waals surface area contributed by atoms with Gasteiger partial charge in [0.2, 0.25) is 0 Å². The quantitative estimate of drug-likeness (QED) is 0.708. The van der Waals surface area contributed by atoms with Gasteiger partial charge in [-0.3, -0.25) is 0 Å². The van der Waals surface area contributed by atoms with Crippen molar-refractivity contribution in [2.75, 3.05) is 38.6 Å². The van der Waals surface area contributed by atoms with E-state index in [1.54, 1.807) is 0 Å². The van der Waals surface area contributed by atoms with Crippen LogP contribution in [0.2, 0.25) is 0 Å². The topological polar surface area (TPSA) is 12.5 Å². The third-order valence-corrected chi connectivity index (χ3v) is 3.13. The van der Waals surface area contributed by atoms with E-state index in [4.69, 9.17) is 4.74 Å². The van der Waals surface area contributed by atoms with Crippen molar-refractivity contribution in [1.82, 2.24) is 4.90 Å². The number of hydrogen-bond donors (Lipinski definition) is 1. The Hall–Kier alpha value is 0.270. The first-order valence-electron chi connectivity index (χ1n) is 5.74. The zero-order valence-electron chi connectivity index (χ0n) is 9.24. The Morgan fingerprint density at radius 3 is 2.93 bits per heavy atom. The van der Waals surface area contributed by atoms with Crippen molar-refractivity contribution < 1.29 is 4.74 Å². The molecular formula is C11H23NOS. The van der Waals surface area contributed by atoms with Gasteiger partial charge in [0.25, 0.3) is 0 Å². The smallest absolute Gasteiger partial charge is 0.0593 e. The average Bonchev–Trinajstić information content (AvgIpc) is 2.43. The molecule has 1 rings (SSSR count). The maximum Gasteiger partial charge on any atom is 0.0593 e. The Bertz CT molecular complexity index is 135. The van der Waals surface area contributed by atoms with Crippen molar-refractivity contribution in [1.29, 1.82) is 0 Å². The predicted molar refractivity (Wildman–Crippen MR) is 64.1 cm³/mol. The van der Waals surface area contributed by atoms with Crippen LogP contribution in [0.3, 0.4) is 0 Å². The molecular weight excluding hydrogens is 194 g/mol. The van der Waals surface area contributed by atoms with Gasteiger partial charge in [-0.15, -0.1) is 0 Å². The van der Waals surface area contributed by atoms with Crippen LogP contribution in [0.5, 0.6) is 0 Å². The summed E-state index contributed by atoms with van der Waals surface area (Å²) in [5, 5.41) is 0. The highest BCUT2D eigenvalue weighted by Gasteiger charge is 2.10. The third-order valence-electron chi connectivity index (χ3n) is 2.87. The molecule has 1 saturated heterocycles. The Balaban J connectivity index is 2.09. The molecule has 1 aliphatic heterocycles. The molecule has 1 fully saturated rings. The first-order chi connectivity index (χ1) is 6.83. The van der Waals surface area contributed by atoms with E-state index in [2.05, 4.69) is 24.5 Å². The molecule has 0 N–H and O–H groups in total. The average molecular weight is 217 g/mol. The van der Waals surface area contributed by atoms with E-state index in [0.717, 1.165) is 31.4 Å². The minimum absolute atomic E-state index is 0.816. The van der Waals surface area contributed by atoms with Crippen molar-refractivity contribution in [3.05, 3.63) is 0 Å². The van der Waals surface area contributed by atoms with Crippen LogP contribution in [0.1, 0.15) is 26.2 Å². The normalized spacial score (nSPS) is 21.9. The molecule has 0 amide bonds. The maximum absolute atomic E-state index is 5.43. The highest BCUT2D eigenvalue weighted by Crippen LogP contribution is 2.10. The van der Waals surface area contributed by atoms with Crippen LogP contribution in [-0.2, 0) is 4.74 Å². The summed E-state index contributed by atoms with van der Waals surface area (Å²) in [5.41, 5.74) is 0. The minimum atomic E-state index is 0.816. The molecule has 0 bridgehead atoms. The highest BCUT2D eigenvalue weighted by atomic mass is 32.1. The van der Waals surface area contributed by atoms with Gasteiger partial charge in [-0.1, -0.05) is 6.92 Å². The zero-order valence-corrected chi connectivity index (χ0v) is 10.1. The molecule has 1 aliphatic rings. The predicted octanol–water partition coefficient (Wildman–Crippen LogP) is 2.05. The van der Waals surface area contributed by atoms with Crippen molar-refractivity contribution >= 4 is 12.6 Å². The van der Waals surface area contributed by atoms with Gasteiger partial charge in [0.15, 0.2) is 0 Å². The van der Waals surface area contributed by atoms with Crippen LogP contribution < -0.4 is 0 Å². The van der Waals surface area contributed by atoms with Gasteiger partial charge >= 0.3 is 0 Å². The SMILES string of the molecule is CC(CCS)CCN1CCCOCC1. The Morgan fingerprint density at radius 2 is 2.14 bits per heavy atom. The lowest BCUT2D eigenvalue weighted by atomic mass is 10.1. The summed E-state index contributed by atoms with van der Waals surface area (Å²) in [7, 11) is 0. The molecule has 1 heterocycles. The highest BCUT2D eigenvalue weighted by molar-refractivity contribution is 7.80. The summed E-state index contributed by atoms with van der Waals surface area (Å²) in [6, 6.07) is 0. The first-order valence-corrected chi connectivity index (χ1v) is 6.37. The van der Waals surface area contributed by atoms with Gasteiger partial charge in [0, 0.05) is 19.7 Å². The van der Waals surface area contributed by atoms with Crippen LogP contribution in [0.25, 0.3) is 0 Å². The fraction of sp³-hybridized carbons (Fsp3) is 1.00. The summed E-state index contributed by atoms with van der Waals surface area (Å²) in [6.45, 7) is 7.76. The second-order valence-electron chi connectivity index (χ2n) is 4.21. The lowest BCUT2D eigenvalue weighted by Crippen LogP contribution is -2.28. The number of hydrogen-bond acceptors (Lipinski definition) is 3. The molecule has 2 nitrogen and oxygen atoms in total. The van der Waals surface area contributed by atoms with Gasteiger partial charge in [-0.05, 0) is 37.5 Å². The molecule has 0 saturated carbocycles. The standard InChI is InChI=1S/C11H23NOS/c1-11(4-10-14)3-6-12-5-2-8-13-9-7-12/h11,14H,2-10H2,1H3. The van der Waals surface area contributed by atoms with E-state index in [9.17, 15) is 0 Å². The number of nitrogens with zero attached hydrogens (tertiary/aromatic N) is 1. The maximum atomic E-state index is 5.43. The van der Waals surface area contributed by atoms with Gasteiger partial charge < -0.3 is 9.64 Å². The molecule has 0 aromatic carbocycles. The van der Waals surface area contributed by atoms with Crippen molar-refractivity contribution in [2.24, 2.45) is 5.92 Å². The van der Waals surface area contributed by atoms with E-state index in [1.165, 1.54) is 32.4 Å². The van der Waals surface area contributed by atoms with E-state index >= 15 is 0 Å². The number of thiol groups is 1. The van der Waals surface area contributed by atoms with Gasteiger partial charge in [-0.2, -0.15) is 12.6 Å². The summed E-state index contributed by atoms with van der Waals surface area (Å²) >= 11 is 4.26. The van der Waals surface area contributed by atoms with E-state index < -0.39 is 0 Å². The van der Waals surface area contributed by atoms with Crippen LogP contribution in [-0.4, -0.2) is 43.5 Å². The molecule has 0 radical (unpaired) electrons. The Morgan fingerprint density at radius 1 is 1.29 bits per heavy atom. The van der Waals surface area contributed by atoms with Crippen molar-refractivity contribution in [3.63, 3.8) is 0 Å². The summed E-state index contributed by atoms with van der Waals surface area (Å²) < 4.78 is 5.43. The summed E-state index contributed by atoms with van der Waals surface area (Å²) in [4.78, 5) is 2.53. The largest absolute Gasteiger partial charge is 0.380 e. The van der Waals surface area contributed by atoms with Crippen LogP contribution in [0.4, 0.5) is 0 Å². The molecule has 0 spiro atoms. The van der Waals surface area contributed by atoms with Gasteiger partial charge in [0.1, 0.15) is 0 Å². The van der Waals surface area contributed by atoms with Crippen molar-refractivity contribution in [3.8, 4) is 0 Å². The Labute approximate surface area is 93.4 Å². The lowest BCUT2D eigenvalue weighted by Gasteiger charge is -2.20. The third kappa shape index (κ3) is 5.23. The first kappa shape index (κ1) is 12.3. The lowest BCUT2D eigenvalue weighted by molar-refractivity contribution is 0.140. The molecule has 14 heavy (non-hydrogen) atoms. The molecule has 0 aromatic heterocycles. The fourth-order valence-electron chi connectivity index (χ4n) is 1.79. The molecule has 3 heteroatoms. The fourth-order valence-corrected chi connectivity index (χ4v) is 2.23. The van der Waals surface area contributed by atoms with Crippen LogP contribution >= 0.6 is 12.6 Å². The summed E-state index contributed by atoms with van der Waals surface area (Å²) in [5.74, 6) is 1.83. The van der Waals surface area contributed by atoms with Crippen LogP contribution in [0, 0.1) is 5.92 Å². The van der Waals surface area contributed by atoms with E-state index in [-0.39, 0.29) is 0 Å². The molecule has 0 aliphatic carbocycles. The van der Waals surface area contributed by atoms with E-state index in [0.29, 0.717) is 0 Å². The number of ether oxygens (including phenoxy) is 1. The monoisotopic (exact) mass is 217 g/mol. The number of rotatable bonds is 5. The second-order valence-corrected chi connectivity index (χ2v) is 4.66. The molecule has 0 aromatic rings. The minimum Gasteiger partial charge on any atom is -0.380 e. The molecule has 1 atom stereocenters. The Kier molecular flexibility index (Phi) is 6.65. The molecule has 84 valence electrons. The van der Waals surface area contributed by atoms with Crippen LogP contribution in [0.15, 0.2) is 0 Å². The van der Waals surface area contributed by atoms with Gasteiger partial charge in [0.05, 0.1) is 6.61 Å². The van der Waals surface area contributed by atoms with Crippen molar-refractivity contribution in [2.45, 2.75) is 26.2 Å². The zero-order chi connectivity index (χ0) is 10.2. The second kappa shape index (κ2) is 7.55. The van der Waals surface area contributed by atoms with E-state index in [1.807, 2.05) is 0 Å². The van der Waals surface area contributed by atoms with Gasteiger partial charge in [-0.25, -0.2) is 0 Å².